The highest BCUT2D eigenvalue weighted by atomic mass is 79.9. The van der Waals surface area contributed by atoms with Crippen LogP contribution in [0.4, 0.5) is 5.95 Å². The first-order chi connectivity index (χ1) is 15.3. The number of ketones is 1. The molecule has 8 heteroatoms. The summed E-state index contributed by atoms with van der Waals surface area (Å²) in [6.45, 7) is 4.27. The van der Waals surface area contributed by atoms with E-state index in [1.165, 1.54) is 11.8 Å². The number of hydrogen-bond acceptors (Lipinski definition) is 5. The lowest BCUT2D eigenvalue weighted by Gasteiger charge is -2.38. The zero-order valence-corrected chi connectivity index (χ0v) is 20.9. The third kappa shape index (κ3) is 4.14. The maximum Gasteiger partial charge on any atom is 0.227 e. The molecule has 1 aromatic heterocycles. The second-order valence-corrected chi connectivity index (χ2v) is 11.2. The van der Waals surface area contributed by atoms with Gasteiger partial charge in [0.2, 0.25) is 11.1 Å². The Kier molecular flexibility index (Phi) is 5.68. The molecule has 32 heavy (non-hydrogen) atoms. The molecule has 0 fully saturated rings. The number of nitrogens with one attached hydrogen (secondary N) is 1. The van der Waals surface area contributed by atoms with Gasteiger partial charge in [-0.1, -0.05) is 83.5 Å². The molecule has 1 unspecified atom stereocenters. The number of thioether (sulfide) groups is 1. The van der Waals surface area contributed by atoms with Crippen LogP contribution in [-0.2, 0) is 10.5 Å². The molecule has 2 heterocycles. The van der Waals surface area contributed by atoms with E-state index in [-0.39, 0.29) is 17.2 Å². The Balaban J connectivity index is 1.53. The zero-order valence-electron chi connectivity index (χ0n) is 17.7. The van der Waals surface area contributed by atoms with Gasteiger partial charge in [0.1, 0.15) is 6.04 Å². The van der Waals surface area contributed by atoms with Crippen molar-refractivity contribution in [3.8, 4) is 0 Å². The number of carbonyl (C=O) groups excluding carboxylic acids is 1. The Morgan fingerprint density at radius 2 is 1.94 bits per heavy atom. The van der Waals surface area contributed by atoms with E-state index >= 15 is 0 Å². The number of carbonyl (C=O) groups is 1. The lowest BCUT2D eigenvalue weighted by atomic mass is 9.73. The molecule has 164 valence electrons. The Bertz CT molecular complexity index is 1240. The lowest BCUT2D eigenvalue weighted by molar-refractivity contribution is -0.118. The summed E-state index contributed by atoms with van der Waals surface area (Å²) in [6, 6.07) is 15.6. The Hall–Kier alpha value is -2.09. The monoisotopic (exact) mass is 528 g/mol. The zero-order chi connectivity index (χ0) is 22.5. The molecule has 0 bridgehead atoms. The normalized spacial score (nSPS) is 19.4. The molecule has 5 rings (SSSR count). The fourth-order valence-electron chi connectivity index (χ4n) is 4.36. The van der Waals surface area contributed by atoms with Crippen molar-refractivity contribution in [1.82, 2.24) is 14.8 Å². The number of halogens is 2. The van der Waals surface area contributed by atoms with Crippen molar-refractivity contribution < 1.29 is 4.79 Å². The van der Waals surface area contributed by atoms with E-state index in [1.54, 1.807) is 0 Å². The number of fused-ring (bicyclic) bond motifs is 1. The first-order valence-electron chi connectivity index (χ1n) is 10.4. The lowest BCUT2D eigenvalue weighted by Crippen LogP contribution is -2.36. The average molecular weight is 530 g/mol. The van der Waals surface area contributed by atoms with Crippen molar-refractivity contribution >= 4 is 51.0 Å². The smallest absolute Gasteiger partial charge is 0.227 e. The fourth-order valence-corrected chi connectivity index (χ4v) is 5.74. The second kappa shape index (κ2) is 8.36. The van der Waals surface area contributed by atoms with E-state index in [0.29, 0.717) is 23.3 Å². The SMILES string of the molecule is CC1(C)CC(=O)C2=C(C1)Nc1nc(SCc3ccccc3Cl)nn1C2c1ccc(Br)cc1. The Morgan fingerprint density at radius 1 is 1.19 bits per heavy atom. The van der Waals surface area contributed by atoms with Gasteiger partial charge in [-0.15, -0.1) is 5.10 Å². The summed E-state index contributed by atoms with van der Waals surface area (Å²) in [6.07, 6.45) is 1.33. The fraction of sp³-hybridized carbons (Fsp3) is 0.292. The van der Waals surface area contributed by atoms with Gasteiger partial charge >= 0.3 is 0 Å². The summed E-state index contributed by atoms with van der Waals surface area (Å²) < 4.78 is 2.85. The van der Waals surface area contributed by atoms with Crippen LogP contribution in [0.3, 0.4) is 0 Å². The van der Waals surface area contributed by atoms with Gasteiger partial charge in [0.15, 0.2) is 5.78 Å². The molecular weight excluding hydrogens is 508 g/mol. The van der Waals surface area contributed by atoms with Crippen LogP contribution >= 0.6 is 39.3 Å². The van der Waals surface area contributed by atoms with Crippen molar-refractivity contribution in [2.75, 3.05) is 5.32 Å². The molecule has 1 aliphatic heterocycles. The number of rotatable bonds is 4. The van der Waals surface area contributed by atoms with Crippen LogP contribution in [-0.4, -0.2) is 20.5 Å². The van der Waals surface area contributed by atoms with Gasteiger partial charge in [-0.05, 0) is 41.2 Å². The van der Waals surface area contributed by atoms with Crippen LogP contribution in [0.5, 0.6) is 0 Å². The van der Waals surface area contributed by atoms with Crippen molar-refractivity contribution in [3.63, 3.8) is 0 Å². The molecule has 5 nitrogen and oxygen atoms in total. The molecule has 0 saturated heterocycles. The number of hydrogen-bond donors (Lipinski definition) is 1. The van der Waals surface area contributed by atoms with Crippen molar-refractivity contribution in [3.05, 3.63) is 80.4 Å². The minimum atomic E-state index is -0.292. The first kappa shape index (κ1) is 21.7. The third-order valence-electron chi connectivity index (χ3n) is 5.81. The second-order valence-electron chi connectivity index (χ2n) is 8.95. The van der Waals surface area contributed by atoms with Crippen LogP contribution in [0.15, 0.2) is 69.4 Å². The molecular formula is C24H22BrClN4OS. The Labute approximate surface area is 204 Å². The van der Waals surface area contributed by atoms with Crippen LogP contribution < -0.4 is 5.32 Å². The van der Waals surface area contributed by atoms with E-state index < -0.39 is 0 Å². The third-order valence-corrected chi connectivity index (χ3v) is 7.60. The van der Waals surface area contributed by atoms with Crippen molar-refractivity contribution in [2.24, 2.45) is 5.41 Å². The molecule has 0 amide bonds. The average Bonchev–Trinajstić information content (AvgIpc) is 3.14. The maximum absolute atomic E-state index is 13.3. The number of Topliss-reactive ketones (excluding diaryl/α,β-unsaturated/α-hetero) is 1. The highest BCUT2D eigenvalue weighted by Gasteiger charge is 2.41. The molecule has 0 saturated carbocycles. The predicted molar refractivity (Wildman–Crippen MR) is 132 cm³/mol. The molecule has 1 N–H and O–H groups in total. The molecule has 0 radical (unpaired) electrons. The number of aromatic nitrogens is 3. The topological polar surface area (TPSA) is 59.8 Å². The van der Waals surface area contributed by atoms with Crippen molar-refractivity contribution in [2.45, 2.75) is 43.6 Å². The van der Waals surface area contributed by atoms with Crippen LogP contribution in [0, 0.1) is 5.41 Å². The number of nitrogens with zero attached hydrogens (tertiary/aromatic N) is 3. The van der Waals surface area contributed by atoms with Gasteiger partial charge in [-0.2, -0.15) is 4.98 Å². The van der Waals surface area contributed by atoms with Gasteiger partial charge < -0.3 is 5.32 Å². The number of benzene rings is 2. The van der Waals surface area contributed by atoms with E-state index in [4.69, 9.17) is 21.7 Å². The quantitative estimate of drug-likeness (QED) is 0.384. The minimum Gasteiger partial charge on any atom is -0.328 e. The standard InChI is InChI=1S/C24H22BrClN4OS/c1-24(2)11-18-20(19(31)12-24)21(14-7-9-16(25)10-8-14)30-22(27-18)28-23(29-30)32-13-15-5-3-4-6-17(15)26/h3-10,21H,11-13H2,1-2H3,(H,27,28,29). The Morgan fingerprint density at radius 3 is 2.69 bits per heavy atom. The van der Waals surface area contributed by atoms with Crippen LogP contribution in [0.1, 0.15) is 43.9 Å². The largest absolute Gasteiger partial charge is 0.328 e. The highest BCUT2D eigenvalue weighted by Crippen LogP contribution is 2.45. The van der Waals surface area contributed by atoms with Gasteiger partial charge in [0.25, 0.3) is 0 Å². The van der Waals surface area contributed by atoms with E-state index in [0.717, 1.165) is 38.3 Å². The summed E-state index contributed by atoms with van der Waals surface area (Å²) in [5.41, 5.74) is 3.73. The first-order valence-corrected chi connectivity index (χ1v) is 12.6. The van der Waals surface area contributed by atoms with Gasteiger partial charge in [-0.25, -0.2) is 4.68 Å². The van der Waals surface area contributed by atoms with Crippen LogP contribution in [0.25, 0.3) is 0 Å². The van der Waals surface area contributed by atoms with E-state index in [1.807, 2.05) is 53.2 Å². The highest BCUT2D eigenvalue weighted by molar-refractivity contribution is 9.10. The molecule has 0 spiro atoms. The van der Waals surface area contributed by atoms with E-state index in [9.17, 15) is 4.79 Å². The molecule has 3 aromatic rings. The minimum absolute atomic E-state index is 0.0863. The summed E-state index contributed by atoms with van der Waals surface area (Å²) in [4.78, 5) is 18.0. The maximum atomic E-state index is 13.3. The molecule has 2 aromatic carbocycles. The molecule has 1 aliphatic carbocycles. The summed E-state index contributed by atoms with van der Waals surface area (Å²) in [7, 11) is 0. The number of anilines is 1. The van der Waals surface area contributed by atoms with Gasteiger partial charge in [0.05, 0.1) is 0 Å². The van der Waals surface area contributed by atoms with Gasteiger partial charge in [-0.3, -0.25) is 4.79 Å². The van der Waals surface area contributed by atoms with E-state index in [2.05, 4.69) is 35.1 Å². The van der Waals surface area contributed by atoms with Crippen LogP contribution in [0.2, 0.25) is 5.02 Å². The summed E-state index contributed by atoms with van der Waals surface area (Å²) in [5, 5.41) is 9.62. The summed E-state index contributed by atoms with van der Waals surface area (Å²) >= 11 is 11.4. The predicted octanol–water partition coefficient (Wildman–Crippen LogP) is 6.64. The summed E-state index contributed by atoms with van der Waals surface area (Å²) in [5.74, 6) is 1.51. The molecule has 1 atom stereocenters. The van der Waals surface area contributed by atoms with Gasteiger partial charge in [0, 0.05) is 32.9 Å². The number of allylic oxidation sites excluding steroid dienone is 2. The van der Waals surface area contributed by atoms with Crippen molar-refractivity contribution in [1.29, 1.82) is 0 Å². The molecule has 2 aliphatic rings.